The molecule has 1 aliphatic rings. The highest BCUT2D eigenvalue weighted by atomic mass is 16.6. The van der Waals surface area contributed by atoms with Gasteiger partial charge in [-0.15, -0.1) is 0 Å². The number of aryl methyl sites for hydroxylation is 1. The standard InChI is InChI=1S/C11H10N2O6/c14-9-4-7-5(3-8(9)13(18)19)1-2-6(11(16)17)10(15)12-7/h3-4,6,14H,1-2H2,(H,12,15)(H,16,17). The summed E-state index contributed by atoms with van der Waals surface area (Å²) in [6.07, 6.45) is 0.252. The average molecular weight is 266 g/mol. The maximum absolute atomic E-state index is 11.6. The number of carbonyl (C=O) groups is 2. The van der Waals surface area contributed by atoms with E-state index in [4.69, 9.17) is 5.11 Å². The second-order valence-corrected chi connectivity index (χ2v) is 4.17. The van der Waals surface area contributed by atoms with Crippen LogP contribution in [0, 0.1) is 16.0 Å². The third-order valence-corrected chi connectivity index (χ3v) is 2.97. The molecule has 2 rings (SSSR count). The van der Waals surface area contributed by atoms with Gasteiger partial charge in [0.15, 0.2) is 5.75 Å². The Morgan fingerprint density at radius 2 is 2.16 bits per heavy atom. The van der Waals surface area contributed by atoms with Crippen LogP contribution in [0.5, 0.6) is 5.75 Å². The Morgan fingerprint density at radius 3 is 2.74 bits per heavy atom. The van der Waals surface area contributed by atoms with Crippen molar-refractivity contribution in [3.8, 4) is 5.75 Å². The summed E-state index contributed by atoms with van der Waals surface area (Å²) in [5, 5.41) is 31.4. The monoisotopic (exact) mass is 266 g/mol. The van der Waals surface area contributed by atoms with Crippen LogP contribution in [-0.2, 0) is 16.0 Å². The summed E-state index contributed by atoms with van der Waals surface area (Å²) in [6.45, 7) is 0. The highest BCUT2D eigenvalue weighted by molar-refractivity contribution is 6.05. The lowest BCUT2D eigenvalue weighted by molar-refractivity contribution is -0.385. The summed E-state index contributed by atoms with van der Waals surface area (Å²) in [4.78, 5) is 32.5. The summed E-state index contributed by atoms with van der Waals surface area (Å²) in [5.74, 6) is -3.71. The summed E-state index contributed by atoms with van der Waals surface area (Å²) in [5.41, 5.74) is 0.167. The molecule has 1 aliphatic heterocycles. The minimum Gasteiger partial charge on any atom is -0.502 e. The number of nitrogens with one attached hydrogen (secondary N) is 1. The second kappa shape index (κ2) is 4.56. The number of benzene rings is 1. The molecule has 1 unspecified atom stereocenters. The van der Waals surface area contributed by atoms with E-state index in [1.54, 1.807) is 0 Å². The molecule has 1 amide bonds. The van der Waals surface area contributed by atoms with Gasteiger partial charge in [0.1, 0.15) is 5.92 Å². The largest absolute Gasteiger partial charge is 0.502 e. The molecule has 8 heteroatoms. The van der Waals surface area contributed by atoms with Crippen LogP contribution in [0.15, 0.2) is 12.1 Å². The van der Waals surface area contributed by atoms with Crippen molar-refractivity contribution in [1.82, 2.24) is 0 Å². The van der Waals surface area contributed by atoms with Gasteiger partial charge in [-0.1, -0.05) is 0 Å². The number of phenols is 1. The molecule has 8 nitrogen and oxygen atoms in total. The highest BCUT2D eigenvalue weighted by Crippen LogP contribution is 2.35. The number of aromatic hydroxyl groups is 1. The number of phenolic OH excluding ortho intramolecular Hbond substituents is 1. The van der Waals surface area contributed by atoms with E-state index in [-0.39, 0.29) is 18.5 Å². The van der Waals surface area contributed by atoms with Crippen LogP contribution in [-0.4, -0.2) is 27.0 Å². The van der Waals surface area contributed by atoms with Gasteiger partial charge in [0, 0.05) is 17.8 Å². The number of aliphatic carboxylic acids is 1. The van der Waals surface area contributed by atoms with Crippen molar-refractivity contribution in [2.24, 2.45) is 5.92 Å². The Bertz CT molecular complexity index is 583. The number of nitro benzene ring substituents is 1. The van der Waals surface area contributed by atoms with E-state index in [9.17, 15) is 24.8 Å². The molecule has 0 spiro atoms. The van der Waals surface area contributed by atoms with Gasteiger partial charge in [-0.2, -0.15) is 0 Å². The van der Waals surface area contributed by atoms with Gasteiger partial charge in [0.05, 0.1) is 4.92 Å². The third-order valence-electron chi connectivity index (χ3n) is 2.97. The number of nitrogens with zero attached hydrogens (tertiary/aromatic N) is 1. The number of carboxylic acid groups (broad SMARTS) is 1. The molecule has 1 heterocycles. The Balaban J connectivity index is 2.43. The zero-order chi connectivity index (χ0) is 14.2. The molecule has 0 radical (unpaired) electrons. The Hall–Kier alpha value is -2.64. The van der Waals surface area contributed by atoms with Gasteiger partial charge < -0.3 is 15.5 Å². The van der Waals surface area contributed by atoms with Crippen LogP contribution in [0.2, 0.25) is 0 Å². The molecule has 100 valence electrons. The normalized spacial score (nSPS) is 18.1. The van der Waals surface area contributed by atoms with E-state index in [0.717, 1.165) is 12.1 Å². The van der Waals surface area contributed by atoms with Gasteiger partial charge in [0.2, 0.25) is 5.91 Å². The van der Waals surface area contributed by atoms with Crippen molar-refractivity contribution in [1.29, 1.82) is 0 Å². The molecular formula is C11H10N2O6. The molecule has 1 aromatic carbocycles. The fourth-order valence-corrected chi connectivity index (χ4v) is 1.98. The van der Waals surface area contributed by atoms with Gasteiger partial charge in [-0.3, -0.25) is 19.7 Å². The molecule has 1 atom stereocenters. The maximum Gasteiger partial charge on any atom is 0.316 e. The first-order chi connectivity index (χ1) is 8.90. The van der Waals surface area contributed by atoms with Crippen LogP contribution in [0.4, 0.5) is 11.4 Å². The molecule has 3 N–H and O–H groups in total. The van der Waals surface area contributed by atoms with Crippen LogP contribution in [0.1, 0.15) is 12.0 Å². The lowest BCUT2D eigenvalue weighted by atomic mass is 10.0. The van der Waals surface area contributed by atoms with Crippen molar-refractivity contribution >= 4 is 23.3 Å². The first kappa shape index (κ1) is 12.8. The van der Waals surface area contributed by atoms with Crippen molar-refractivity contribution in [2.75, 3.05) is 5.32 Å². The molecule has 0 bridgehead atoms. The number of carboxylic acids is 1. The number of carbonyl (C=O) groups excluding carboxylic acids is 1. The summed E-state index contributed by atoms with van der Waals surface area (Å²) in [7, 11) is 0. The van der Waals surface area contributed by atoms with Gasteiger partial charge >= 0.3 is 11.7 Å². The van der Waals surface area contributed by atoms with E-state index in [2.05, 4.69) is 5.32 Å². The SMILES string of the molecule is O=C(O)C1CCc2cc([N+](=O)[O-])c(O)cc2NC1=O. The number of hydrogen-bond donors (Lipinski definition) is 3. The van der Waals surface area contributed by atoms with Crippen molar-refractivity contribution in [3.05, 3.63) is 27.8 Å². The minimum atomic E-state index is -1.25. The van der Waals surface area contributed by atoms with Gasteiger partial charge in [0.25, 0.3) is 0 Å². The number of amides is 1. The fraction of sp³-hybridized carbons (Fsp3) is 0.273. The zero-order valence-corrected chi connectivity index (χ0v) is 9.62. The summed E-state index contributed by atoms with van der Waals surface area (Å²) >= 11 is 0. The van der Waals surface area contributed by atoms with Crippen LogP contribution in [0.25, 0.3) is 0 Å². The zero-order valence-electron chi connectivity index (χ0n) is 9.62. The molecule has 19 heavy (non-hydrogen) atoms. The molecule has 0 saturated carbocycles. The van der Waals surface area contributed by atoms with E-state index in [1.807, 2.05) is 0 Å². The number of rotatable bonds is 2. The topological polar surface area (TPSA) is 130 Å². The predicted octanol–water partition coefficient (Wildman–Crippen LogP) is 0.886. The minimum absolute atomic E-state index is 0.0517. The maximum atomic E-state index is 11.6. The number of hydrogen-bond acceptors (Lipinski definition) is 5. The Morgan fingerprint density at radius 1 is 1.47 bits per heavy atom. The lowest BCUT2D eigenvalue weighted by Gasteiger charge is -2.08. The van der Waals surface area contributed by atoms with Crippen molar-refractivity contribution in [3.63, 3.8) is 0 Å². The van der Waals surface area contributed by atoms with E-state index in [0.29, 0.717) is 5.56 Å². The van der Waals surface area contributed by atoms with E-state index in [1.165, 1.54) is 0 Å². The summed E-state index contributed by atoms with van der Waals surface area (Å²) in [6, 6.07) is 2.21. The summed E-state index contributed by atoms with van der Waals surface area (Å²) < 4.78 is 0. The molecule has 1 aromatic rings. The fourth-order valence-electron chi connectivity index (χ4n) is 1.98. The van der Waals surface area contributed by atoms with E-state index >= 15 is 0 Å². The Kier molecular flexibility index (Phi) is 3.07. The van der Waals surface area contributed by atoms with Gasteiger partial charge in [-0.05, 0) is 18.4 Å². The Labute approximate surface area is 106 Å². The first-order valence-corrected chi connectivity index (χ1v) is 5.44. The lowest BCUT2D eigenvalue weighted by Crippen LogP contribution is -2.28. The van der Waals surface area contributed by atoms with Crippen LogP contribution < -0.4 is 5.32 Å². The number of anilines is 1. The average Bonchev–Trinajstić information content (AvgIpc) is 2.45. The van der Waals surface area contributed by atoms with Crippen LogP contribution >= 0.6 is 0 Å². The van der Waals surface area contributed by atoms with E-state index < -0.39 is 34.2 Å². The van der Waals surface area contributed by atoms with Crippen molar-refractivity contribution < 1.29 is 24.7 Å². The van der Waals surface area contributed by atoms with Gasteiger partial charge in [-0.25, -0.2) is 0 Å². The number of nitro groups is 1. The third kappa shape index (κ3) is 2.32. The molecule has 0 fully saturated rings. The molecule has 0 aromatic heterocycles. The predicted molar refractivity (Wildman–Crippen MR) is 62.8 cm³/mol. The second-order valence-electron chi connectivity index (χ2n) is 4.17. The quantitative estimate of drug-likeness (QED) is 0.414. The molecule has 0 saturated heterocycles. The first-order valence-electron chi connectivity index (χ1n) is 5.44. The molecular weight excluding hydrogens is 256 g/mol. The van der Waals surface area contributed by atoms with Crippen molar-refractivity contribution in [2.45, 2.75) is 12.8 Å². The smallest absolute Gasteiger partial charge is 0.316 e. The van der Waals surface area contributed by atoms with Crippen LogP contribution in [0.3, 0.4) is 0 Å². The molecule has 0 aliphatic carbocycles. The highest BCUT2D eigenvalue weighted by Gasteiger charge is 2.31. The number of fused-ring (bicyclic) bond motifs is 1.